The maximum atomic E-state index is 12.9. The number of amides is 2. The van der Waals surface area contributed by atoms with E-state index in [0.29, 0.717) is 25.9 Å². The summed E-state index contributed by atoms with van der Waals surface area (Å²) < 4.78 is 0. The molecule has 2 N–H and O–H groups in total. The zero-order chi connectivity index (χ0) is 16.9. The number of rotatable bonds is 3. The second-order valence-electron chi connectivity index (χ2n) is 6.44. The third-order valence-corrected chi connectivity index (χ3v) is 5.06. The third kappa shape index (κ3) is 3.53. The van der Waals surface area contributed by atoms with Crippen LogP contribution in [0, 0.1) is 18.3 Å². The number of hydrogen-bond acceptors (Lipinski definition) is 4. The molecule has 1 aliphatic heterocycles. The molecule has 1 heterocycles. The van der Waals surface area contributed by atoms with E-state index in [-0.39, 0.29) is 11.8 Å². The molecule has 24 heavy (non-hydrogen) atoms. The number of nitrogens with zero attached hydrogens (tertiary/aromatic N) is 2. The molecule has 6 heteroatoms. The predicted molar refractivity (Wildman–Crippen MR) is 90.3 cm³/mol. The van der Waals surface area contributed by atoms with Gasteiger partial charge in [0.15, 0.2) is 0 Å². The first kappa shape index (κ1) is 16.8. The third-order valence-electron chi connectivity index (χ3n) is 5.06. The van der Waals surface area contributed by atoms with Gasteiger partial charge in [-0.3, -0.25) is 14.8 Å². The molecule has 2 amide bonds. The molecule has 1 saturated carbocycles. The van der Waals surface area contributed by atoms with Gasteiger partial charge in [-0.05, 0) is 37.8 Å². The van der Waals surface area contributed by atoms with Gasteiger partial charge in [0, 0.05) is 37.8 Å². The molecule has 2 aliphatic rings. The number of para-hydroxylation sites is 1. The van der Waals surface area contributed by atoms with E-state index in [4.69, 9.17) is 5.21 Å². The Morgan fingerprint density at radius 1 is 1.04 bits per heavy atom. The van der Waals surface area contributed by atoms with Gasteiger partial charge in [-0.25, -0.2) is 5.48 Å². The standard InChI is InChI=1S/C18H24N3O3/c22-17(19-24)15-8-4-5-9-16(15)18(23)21-12-10-20(11-13-21)14-6-2-1-3-7-14/h1-4,6-7,15-16,24H,5,8-13H2,(H,19,22)/t15-,16-/m0/s1. The molecule has 2 fully saturated rings. The van der Waals surface area contributed by atoms with Crippen LogP contribution in [0.15, 0.2) is 30.3 Å². The lowest BCUT2D eigenvalue weighted by Gasteiger charge is -2.39. The Labute approximate surface area is 142 Å². The second-order valence-corrected chi connectivity index (χ2v) is 6.44. The van der Waals surface area contributed by atoms with Crippen molar-refractivity contribution in [3.63, 3.8) is 0 Å². The lowest BCUT2D eigenvalue weighted by atomic mass is 9.78. The van der Waals surface area contributed by atoms with E-state index in [1.807, 2.05) is 29.5 Å². The fraction of sp³-hybridized carbons (Fsp3) is 0.500. The molecule has 1 aromatic carbocycles. The molecule has 1 aromatic rings. The summed E-state index contributed by atoms with van der Waals surface area (Å²) in [5.74, 6) is -1.19. The lowest BCUT2D eigenvalue weighted by Crippen LogP contribution is -2.52. The van der Waals surface area contributed by atoms with E-state index in [1.165, 1.54) is 5.69 Å². The maximum Gasteiger partial charge on any atom is 0.247 e. The van der Waals surface area contributed by atoms with Crippen molar-refractivity contribution in [3.05, 3.63) is 36.8 Å². The largest absolute Gasteiger partial charge is 0.368 e. The Hall–Kier alpha value is -2.08. The highest BCUT2D eigenvalue weighted by atomic mass is 16.5. The van der Waals surface area contributed by atoms with Crippen LogP contribution in [0.2, 0.25) is 0 Å². The van der Waals surface area contributed by atoms with Gasteiger partial charge in [-0.2, -0.15) is 0 Å². The van der Waals surface area contributed by atoms with E-state index in [1.54, 1.807) is 5.48 Å². The van der Waals surface area contributed by atoms with E-state index in [0.717, 1.165) is 19.5 Å². The predicted octanol–water partition coefficient (Wildman–Crippen LogP) is 1.46. The van der Waals surface area contributed by atoms with Crippen LogP contribution in [0.4, 0.5) is 5.69 Å². The van der Waals surface area contributed by atoms with Gasteiger partial charge in [0.1, 0.15) is 0 Å². The van der Waals surface area contributed by atoms with Gasteiger partial charge in [0.25, 0.3) is 0 Å². The van der Waals surface area contributed by atoms with Crippen molar-refractivity contribution in [1.82, 2.24) is 10.4 Å². The Morgan fingerprint density at radius 2 is 1.75 bits per heavy atom. The molecule has 6 nitrogen and oxygen atoms in total. The molecule has 0 bridgehead atoms. The summed E-state index contributed by atoms with van der Waals surface area (Å²) in [5.41, 5.74) is 2.89. The molecule has 3 rings (SSSR count). The SMILES string of the molecule is O=C(NO)[C@H]1C[CH]CC[C@@H]1C(=O)N1CCN(c2ccccc2)CC1. The molecule has 1 saturated heterocycles. The Morgan fingerprint density at radius 3 is 2.42 bits per heavy atom. The van der Waals surface area contributed by atoms with Crippen LogP contribution in [-0.4, -0.2) is 48.1 Å². The first-order chi connectivity index (χ1) is 11.7. The van der Waals surface area contributed by atoms with Crippen molar-refractivity contribution >= 4 is 17.5 Å². The number of nitrogens with one attached hydrogen (secondary N) is 1. The van der Waals surface area contributed by atoms with Gasteiger partial charge < -0.3 is 9.80 Å². The van der Waals surface area contributed by atoms with Crippen molar-refractivity contribution < 1.29 is 14.8 Å². The van der Waals surface area contributed by atoms with Gasteiger partial charge in [-0.15, -0.1) is 0 Å². The summed E-state index contributed by atoms with van der Waals surface area (Å²) in [4.78, 5) is 28.8. The van der Waals surface area contributed by atoms with Crippen molar-refractivity contribution in [2.75, 3.05) is 31.1 Å². The summed E-state index contributed by atoms with van der Waals surface area (Å²) in [7, 11) is 0. The lowest BCUT2D eigenvalue weighted by molar-refractivity contribution is -0.146. The smallest absolute Gasteiger partial charge is 0.247 e. The summed E-state index contributed by atoms with van der Waals surface area (Å²) >= 11 is 0. The first-order valence-electron chi connectivity index (χ1n) is 8.55. The van der Waals surface area contributed by atoms with Crippen LogP contribution in [0.5, 0.6) is 0 Å². The molecule has 0 unspecified atom stereocenters. The van der Waals surface area contributed by atoms with Gasteiger partial charge in [0.05, 0.1) is 5.92 Å². The van der Waals surface area contributed by atoms with Crippen molar-refractivity contribution in [3.8, 4) is 0 Å². The summed E-state index contributed by atoms with van der Waals surface area (Å²) in [6.45, 7) is 2.93. The van der Waals surface area contributed by atoms with E-state index in [2.05, 4.69) is 17.0 Å². The van der Waals surface area contributed by atoms with E-state index in [9.17, 15) is 9.59 Å². The minimum atomic E-state index is -0.455. The molecule has 1 radical (unpaired) electrons. The van der Waals surface area contributed by atoms with E-state index >= 15 is 0 Å². The van der Waals surface area contributed by atoms with Gasteiger partial charge in [-0.1, -0.05) is 18.2 Å². The minimum absolute atomic E-state index is 0.0458. The van der Waals surface area contributed by atoms with Gasteiger partial charge in [0.2, 0.25) is 11.8 Å². The molecular weight excluding hydrogens is 306 g/mol. The zero-order valence-corrected chi connectivity index (χ0v) is 13.7. The summed E-state index contributed by atoms with van der Waals surface area (Å²) in [5, 5.41) is 8.91. The average molecular weight is 330 g/mol. The highest BCUT2D eigenvalue weighted by Crippen LogP contribution is 2.31. The second kappa shape index (κ2) is 7.66. The number of carbonyl (C=O) groups excluding carboxylic acids is 2. The van der Waals surface area contributed by atoms with Gasteiger partial charge >= 0.3 is 0 Å². The number of anilines is 1. The minimum Gasteiger partial charge on any atom is -0.368 e. The van der Waals surface area contributed by atoms with Crippen molar-refractivity contribution in [2.24, 2.45) is 11.8 Å². The first-order valence-corrected chi connectivity index (χ1v) is 8.55. The molecule has 129 valence electrons. The molecular formula is C18H24N3O3. The topological polar surface area (TPSA) is 72.9 Å². The number of hydroxylamine groups is 1. The highest BCUT2D eigenvalue weighted by molar-refractivity contribution is 5.87. The average Bonchev–Trinajstić information content (AvgIpc) is 2.67. The van der Waals surface area contributed by atoms with Crippen LogP contribution in [0.1, 0.15) is 19.3 Å². The summed E-state index contributed by atoms with van der Waals surface area (Å²) in [6.07, 6.45) is 4.09. The van der Waals surface area contributed by atoms with Crippen LogP contribution >= 0.6 is 0 Å². The Kier molecular flexibility index (Phi) is 5.35. The Balaban J connectivity index is 1.61. The maximum absolute atomic E-state index is 12.9. The summed E-state index contributed by atoms with van der Waals surface area (Å²) in [6, 6.07) is 10.2. The van der Waals surface area contributed by atoms with Crippen molar-refractivity contribution in [1.29, 1.82) is 0 Å². The number of benzene rings is 1. The van der Waals surface area contributed by atoms with E-state index < -0.39 is 11.8 Å². The number of carbonyl (C=O) groups is 2. The fourth-order valence-electron chi connectivity index (χ4n) is 3.69. The number of piperazine rings is 1. The molecule has 0 spiro atoms. The molecule has 2 atom stereocenters. The Bertz CT molecular complexity index is 570. The fourth-order valence-corrected chi connectivity index (χ4v) is 3.69. The monoisotopic (exact) mass is 330 g/mol. The van der Waals surface area contributed by atoms with Crippen LogP contribution < -0.4 is 10.4 Å². The van der Waals surface area contributed by atoms with Crippen LogP contribution in [-0.2, 0) is 9.59 Å². The molecule has 0 aromatic heterocycles. The normalized spacial score (nSPS) is 24.5. The zero-order valence-electron chi connectivity index (χ0n) is 13.7. The van der Waals surface area contributed by atoms with Crippen molar-refractivity contribution in [2.45, 2.75) is 19.3 Å². The van der Waals surface area contributed by atoms with Crippen LogP contribution in [0.25, 0.3) is 0 Å². The highest BCUT2D eigenvalue weighted by Gasteiger charge is 2.38. The quantitative estimate of drug-likeness (QED) is 0.650. The number of hydrogen-bond donors (Lipinski definition) is 2. The molecule has 1 aliphatic carbocycles. The van der Waals surface area contributed by atoms with Crippen LogP contribution in [0.3, 0.4) is 0 Å².